The Bertz CT molecular complexity index is 3550. The average molecular weight is 1200 g/mol. The zero-order valence-corrected chi connectivity index (χ0v) is 43.2. The number of amides is 3. The highest BCUT2D eigenvalue weighted by Crippen LogP contribution is 2.28. The minimum absolute atomic E-state index is 0.160. The lowest BCUT2D eigenvalue weighted by Gasteiger charge is -2.32. The fourth-order valence-corrected chi connectivity index (χ4v) is 9.43. The maximum absolute atomic E-state index is 12.8. The van der Waals surface area contributed by atoms with E-state index in [1.807, 2.05) is 16.1 Å². The van der Waals surface area contributed by atoms with E-state index in [1.165, 1.54) is 21.4 Å². The minimum Gasteiger partial charge on any atom is -0.460 e. The number of aromatic nitrogens is 18. The smallest absolute Gasteiger partial charge is 0.376 e. The summed E-state index contributed by atoms with van der Waals surface area (Å²) in [5.41, 5.74) is 2.71. The maximum Gasteiger partial charge on any atom is 0.376 e. The van der Waals surface area contributed by atoms with Crippen molar-refractivity contribution < 1.29 is 23.9 Å². The van der Waals surface area contributed by atoms with Crippen molar-refractivity contribution in [2.45, 2.75) is 52.6 Å². The molecule has 71 heavy (non-hydrogen) atoms. The molecule has 9 aromatic rings. The number of carbonyl (C=O) groups is 4. The molecule has 0 fully saturated rings. The summed E-state index contributed by atoms with van der Waals surface area (Å²) >= 11 is 21.8. The van der Waals surface area contributed by atoms with Gasteiger partial charge in [-0.25, -0.2) is 33.3 Å². The Balaban J connectivity index is 0.000000123. The molecule has 12 rings (SSSR count). The summed E-state index contributed by atoms with van der Waals surface area (Å²) in [6, 6.07) is 4.75. The molecule has 0 radical (unpaired) electrons. The lowest BCUT2D eigenvalue weighted by molar-refractivity contribution is 0.0500. The number of fused-ring (bicyclic) bond motifs is 6. The predicted molar refractivity (Wildman–Crippen MR) is 257 cm³/mol. The standard InChI is InChI=1S/C15H14BrN7O3.C13H11BrClN7O.C12H9BrClN7O/c1-2-26-15(25)13-19-18-12-8-21(3-4-22(12)13)14(24)10-5-11-17-6-9(16)7-23(11)20-10;1-7-11-17-18-13(14)21(11)3-2-20(7)12(23)9-4-10-16-5-8(15)6-22(10)19-9;13-12-17-16-10-6-19(1-2-20(10)12)11(22)8-3-9-15-4-7(14)5-21(9)18-8/h5-7H,2-4,8H2,1H3;4-7H,2-3H2,1H3;3-5H,1-2,6H2. The zero-order chi connectivity index (χ0) is 49.7. The molecule has 0 spiro atoms. The first-order chi connectivity index (χ1) is 34.2. The molecule has 0 aromatic carbocycles. The summed E-state index contributed by atoms with van der Waals surface area (Å²) in [6.45, 7) is 7.82. The van der Waals surface area contributed by atoms with Crippen LogP contribution in [0.5, 0.6) is 0 Å². The largest absolute Gasteiger partial charge is 0.460 e. The van der Waals surface area contributed by atoms with Crippen molar-refractivity contribution in [2.24, 2.45) is 0 Å². The first-order valence-electron chi connectivity index (χ1n) is 21.4. The third-order valence-electron chi connectivity index (χ3n) is 11.4. The van der Waals surface area contributed by atoms with Gasteiger partial charge in [0.2, 0.25) is 5.82 Å². The van der Waals surface area contributed by atoms with Crippen LogP contribution in [-0.2, 0) is 37.5 Å². The van der Waals surface area contributed by atoms with E-state index in [2.05, 4.69) is 109 Å². The van der Waals surface area contributed by atoms with Gasteiger partial charge < -0.3 is 33.1 Å². The molecule has 0 saturated heterocycles. The van der Waals surface area contributed by atoms with Gasteiger partial charge in [-0.3, -0.25) is 14.4 Å². The summed E-state index contributed by atoms with van der Waals surface area (Å²) in [7, 11) is 0. The molecule has 1 atom stereocenters. The van der Waals surface area contributed by atoms with Crippen molar-refractivity contribution in [1.29, 1.82) is 0 Å². The van der Waals surface area contributed by atoms with Crippen molar-refractivity contribution in [3.63, 3.8) is 0 Å². The summed E-state index contributed by atoms with van der Waals surface area (Å²) in [5.74, 6) is 1.14. The Morgan fingerprint density at radius 2 is 1.10 bits per heavy atom. The topological polar surface area (TPSA) is 270 Å². The Kier molecular flexibility index (Phi) is 13.3. The molecule has 0 saturated carbocycles. The van der Waals surface area contributed by atoms with Gasteiger partial charge in [-0.05, 0) is 61.6 Å². The molecule has 0 aliphatic carbocycles. The van der Waals surface area contributed by atoms with E-state index in [0.29, 0.717) is 105 Å². The number of rotatable bonds is 5. The maximum atomic E-state index is 12.8. The van der Waals surface area contributed by atoms with E-state index in [9.17, 15) is 19.2 Å². The van der Waals surface area contributed by atoms with Crippen LogP contribution in [0, 0.1) is 0 Å². The van der Waals surface area contributed by atoms with Gasteiger partial charge in [-0.2, -0.15) is 15.3 Å². The van der Waals surface area contributed by atoms with E-state index in [4.69, 9.17) is 27.9 Å². The monoisotopic (exact) mass is 1190 g/mol. The van der Waals surface area contributed by atoms with Gasteiger partial charge in [0, 0.05) is 82.3 Å². The van der Waals surface area contributed by atoms with Crippen LogP contribution in [0.1, 0.15) is 79.4 Å². The Labute approximate surface area is 434 Å². The van der Waals surface area contributed by atoms with Crippen molar-refractivity contribution in [2.75, 3.05) is 26.2 Å². The first-order valence-corrected chi connectivity index (χ1v) is 24.5. The van der Waals surface area contributed by atoms with Gasteiger partial charge >= 0.3 is 5.97 Å². The van der Waals surface area contributed by atoms with Gasteiger partial charge in [0.1, 0.15) is 0 Å². The number of halogens is 5. The molecular weight excluding hydrogens is 1170 g/mol. The molecule has 364 valence electrons. The second kappa shape index (κ2) is 19.8. The van der Waals surface area contributed by atoms with Crippen molar-refractivity contribution in [1.82, 2.24) is 103 Å². The highest BCUT2D eigenvalue weighted by molar-refractivity contribution is 9.11. The molecule has 9 aromatic heterocycles. The van der Waals surface area contributed by atoms with Gasteiger partial charge in [0.05, 0.1) is 52.6 Å². The molecule has 3 aliphatic rings. The Morgan fingerprint density at radius 3 is 1.70 bits per heavy atom. The molecule has 3 aliphatic heterocycles. The van der Waals surface area contributed by atoms with Crippen LogP contribution in [0.15, 0.2) is 69.3 Å². The van der Waals surface area contributed by atoms with Crippen LogP contribution in [0.25, 0.3) is 16.9 Å². The lowest BCUT2D eigenvalue weighted by Crippen LogP contribution is -2.41. The van der Waals surface area contributed by atoms with E-state index in [0.717, 1.165) is 16.1 Å². The number of carbonyl (C=O) groups excluding carboxylic acids is 4. The second-order valence-corrected chi connectivity index (χ2v) is 19.0. The van der Waals surface area contributed by atoms with Crippen LogP contribution < -0.4 is 0 Å². The highest BCUT2D eigenvalue weighted by atomic mass is 79.9. The van der Waals surface area contributed by atoms with Crippen LogP contribution in [0.2, 0.25) is 10.0 Å². The van der Waals surface area contributed by atoms with E-state index < -0.39 is 5.97 Å². The fourth-order valence-electron chi connectivity index (χ4n) is 7.95. The van der Waals surface area contributed by atoms with Gasteiger partial charge in [0.25, 0.3) is 17.7 Å². The number of esters is 1. The van der Waals surface area contributed by atoms with Crippen molar-refractivity contribution in [3.05, 3.63) is 120 Å². The van der Waals surface area contributed by atoms with Crippen LogP contribution in [0.4, 0.5) is 0 Å². The lowest BCUT2D eigenvalue weighted by atomic mass is 10.2. The number of hydrogen-bond acceptors (Lipinski definition) is 17. The average Bonchev–Trinajstić information content (AvgIpc) is 4.24. The summed E-state index contributed by atoms with van der Waals surface area (Å²) < 4.78 is 17.2. The van der Waals surface area contributed by atoms with Crippen LogP contribution >= 0.6 is 71.0 Å². The van der Waals surface area contributed by atoms with E-state index in [-0.39, 0.29) is 42.7 Å². The third-order valence-corrected chi connectivity index (χ3v) is 13.4. The van der Waals surface area contributed by atoms with Crippen molar-refractivity contribution >= 4 is 112 Å². The molecule has 0 bridgehead atoms. The quantitative estimate of drug-likeness (QED) is 0.218. The number of hydrogen-bond donors (Lipinski definition) is 0. The molecular formula is C40H34Br3Cl2N21O5. The molecule has 12 heterocycles. The Morgan fingerprint density at radius 1 is 0.606 bits per heavy atom. The summed E-state index contributed by atoms with van der Waals surface area (Å²) in [5, 5.41) is 37.8. The Hall–Kier alpha value is -6.82. The molecule has 3 amide bonds. The van der Waals surface area contributed by atoms with Crippen LogP contribution in [0.3, 0.4) is 0 Å². The summed E-state index contributed by atoms with van der Waals surface area (Å²) in [4.78, 5) is 67.6. The van der Waals surface area contributed by atoms with Crippen LogP contribution in [-0.4, -0.2) is 153 Å². The number of nitrogens with zero attached hydrogens (tertiary/aromatic N) is 21. The third kappa shape index (κ3) is 9.57. The van der Waals surface area contributed by atoms with Gasteiger partial charge in [0.15, 0.2) is 61.0 Å². The first kappa shape index (κ1) is 47.8. The highest BCUT2D eigenvalue weighted by Gasteiger charge is 2.33. The molecule has 31 heteroatoms. The predicted octanol–water partition coefficient (Wildman–Crippen LogP) is 4.26. The van der Waals surface area contributed by atoms with E-state index in [1.54, 1.807) is 73.7 Å². The molecule has 1 unspecified atom stereocenters. The van der Waals surface area contributed by atoms with Crippen molar-refractivity contribution in [3.8, 4) is 0 Å². The molecule has 26 nitrogen and oxygen atoms in total. The second-order valence-electron chi connectivity index (χ2n) is 15.8. The normalized spacial score (nSPS) is 15.1. The minimum atomic E-state index is -0.511. The number of ether oxygens (including phenoxy) is 1. The fraction of sp³-hybridized carbons (Fsp3) is 0.300. The zero-order valence-electron chi connectivity index (χ0n) is 37.0. The SMILES string of the molecule is CC1c2nnc(Br)n2CCN1C(=O)c1cc2ncc(Cl)cn2n1.CCOC(=O)c1nnc2n1CCN(C(=O)c1cc3ncc(Br)cn3n1)C2.O=C(c1cc2ncc(Cl)cn2n1)N1CCn2c(Br)nnc2C1. The van der Waals surface area contributed by atoms with Gasteiger partial charge in [-0.1, -0.05) is 23.2 Å². The summed E-state index contributed by atoms with van der Waals surface area (Å²) in [6.07, 6.45) is 9.66. The molecule has 0 N–H and O–H groups in total. The van der Waals surface area contributed by atoms with E-state index >= 15 is 0 Å². The van der Waals surface area contributed by atoms with Gasteiger partial charge in [-0.15, -0.1) is 30.6 Å².